The highest BCUT2D eigenvalue weighted by Gasteiger charge is 2.33. The van der Waals surface area contributed by atoms with E-state index in [0.29, 0.717) is 36.5 Å². The summed E-state index contributed by atoms with van der Waals surface area (Å²) in [4.78, 5) is 23.9. The van der Waals surface area contributed by atoms with Crippen molar-refractivity contribution >= 4 is 35.9 Å². The summed E-state index contributed by atoms with van der Waals surface area (Å²) in [5.41, 5.74) is 11.4. The molecule has 2 aliphatic heterocycles. The number of hydrogen-bond acceptors (Lipinski definition) is 8. The van der Waals surface area contributed by atoms with Crippen LogP contribution in [0.3, 0.4) is 0 Å². The standard InChI is InChI=1S/C24H27BN6O3/c1-14-10-18-17(22(26)32)6-3-7-21(18)31(14)24-29-20-8-9-27-13-19(20)23(30-24)28-12-15-4-2-5-16(11-15)25(33)34/h2-7,11,14,27,33-34H,8-10,12-13H2,1H3,(H2,26,32)(H,28,29,30). The van der Waals surface area contributed by atoms with E-state index >= 15 is 0 Å². The Morgan fingerprint density at radius 3 is 2.85 bits per heavy atom. The number of rotatable bonds is 6. The van der Waals surface area contributed by atoms with Gasteiger partial charge in [-0.1, -0.05) is 30.3 Å². The summed E-state index contributed by atoms with van der Waals surface area (Å²) in [5.74, 6) is 0.908. The lowest BCUT2D eigenvalue weighted by molar-refractivity contribution is 0.0999. The van der Waals surface area contributed by atoms with Crippen LogP contribution < -0.4 is 26.7 Å². The van der Waals surface area contributed by atoms with Gasteiger partial charge in [0.1, 0.15) is 5.82 Å². The Balaban J connectivity index is 1.51. The molecule has 0 bridgehead atoms. The van der Waals surface area contributed by atoms with Crippen molar-refractivity contribution in [1.82, 2.24) is 15.3 Å². The molecular weight excluding hydrogens is 431 g/mol. The van der Waals surface area contributed by atoms with Crippen LogP contribution in [0.15, 0.2) is 42.5 Å². The summed E-state index contributed by atoms with van der Waals surface area (Å²) in [7, 11) is -1.51. The SMILES string of the molecule is CC1Cc2c(C(N)=O)cccc2N1c1nc2c(c(NCc3cccc(B(O)O)c3)n1)CNCC2. The number of anilines is 3. The summed E-state index contributed by atoms with van der Waals surface area (Å²) in [6, 6.07) is 12.8. The van der Waals surface area contributed by atoms with Crippen molar-refractivity contribution in [1.29, 1.82) is 0 Å². The van der Waals surface area contributed by atoms with Gasteiger partial charge in [0.05, 0.1) is 5.69 Å². The molecule has 1 atom stereocenters. The second-order valence-corrected chi connectivity index (χ2v) is 8.79. The molecule has 2 aliphatic rings. The second-order valence-electron chi connectivity index (χ2n) is 8.79. The average molecular weight is 458 g/mol. The van der Waals surface area contributed by atoms with Gasteiger partial charge in [0, 0.05) is 48.9 Å². The quantitative estimate of drug-likeness (QED) is 0.339. The van der Waals surface area contributed by atoms with Crippen LogP contribution in [0.25, 0.3) is 0 Å². The van der Waals surface area contributed by atoms with Gasteiger partial charge >= 0.3 is 7.12 Å². The highest BCUT2D eigenvalue weighted by Crippen LogP contribution is 2.39. The lowest BCUT2D eigenvalue weighted by Gasteiger charge is -2.27. The summed E-state index contributed by atoms with van der Waals surface area (Å²) >= 11 is 0. The van der Waals surface area contributed by atoms with Crippen molar-refractivity contribution in [3.63, 3.8) is 0 Å². The second kappa shape index (κ2) is 9.05. The van der Waals surface area contributed by atoms with Crippen molar-refractivity contribution in [2.75, 3.05) is 16.8 Å². The maximum atomic E-state index is 12.0. The molecule has 10 heteroatoms. The number of aromatic nitrogens is 2. The molecule has 0 spiro atoms. The van der Waals surface area contributed by atoms with Crippen LogP contribution in [-0.4, -0.2) is 45.6 Å². The molecule has 0 fully saturated rings. The normalized spacial score (nSPS) is 16.7. The molecule has 174 valence electrons. The van der Waals surface area contributed by atoms with Crippen molar-refractivity contribution < 1.29 is 14.8 Å². The van der Waals surface area contributed by atoms with Crippen LogP contribution in [-0.2, 0) is 25.9 Å². The van der Waals surface area contributed by atoms with Crippen LogP contribution >= 0.6 is 0 Å². The number of hydrogen-bond donors (Lipinski definition) is 5. The maximum absolute atomic E-state index is 12.0. The minimum absolute atomic E-state index is 0.0749. The van der Waals surface area contributed by atoms with Crippen molar-refractivity contribution in [3.8, 4) is 0 Å². The van der Waals surface area contributed by atoms with E-state index in [9.17, 15) is 14.8 Å². The zero-order valence-electron chi connectivity index (χ0n) is 19.0. The molecule has 0 saturated heterocycles. The van der Waals surface area contributed by atoms with E-state index in [4.69, 9.17) is 15.7 Å². The van der Waals surface area contributed by atoms with Crippen LogP contribution in [0.4, 0.5) is 17.5 Å². The lowest BCUT2D eigenvalue weighted by atomic mass is 9.79. The third-order valence-electron chi connectivity index (χ3n) is 6.46. The van der Waals surface area contributed by atoms with Crippen molar-refractivity contribution in [2.45, 2.75) is 38.9 Å². The Labute approximate surface area is 198 Å². The average Bonchev–Trinajstić information content (AvgIpc) is 3.18. The number of amides is 1. The number of primary amides is 1. The summed E-state index contributed by atoms with van der Waals surface area (Å²) in [5, 5.41) is 25.8. The number of fused-ring (bicyclic) bond motifs is 2. The zero-order chi connectivity index (χ0) is 23.8. The number of benzene rings is 2. The Morgan fingerprint density at radius 1 is 1.24 bits per heavy atom. The Kier molecular flexibility index (Phi) is 5.95. The fourth-order valence-corrected chi connectivity index (χ4v) is 4.81. The molecular formula is C24H27BN6O3. The highest BCUT2D eigenvalue weighted by atomic mass is 16.4. The first-order chi connectivity index (χ1) is 16.4. The predicted molar refractivity (Wildman–Crippen MR) is 131 cm³/mol. The first kappa shape index (κ1) is 22.3. The smallest absolute Gasteiger partial charge is 0.423 e. The van der Waals surface area contributed by atoms with E-state index in [1.54, 1.807) is 24.3 Å². The van der Waals surface area contributed by atoms with Gasteiger partial charge in [-0.05, 0) is 42.1 Å². The first-order valence-corrected chi connectivity index (χ1v) is 11.4. The van der Waals surface area contributed by atoms with Crippen LogP contribution in [0.1, 0.15) is 39.7 Å². The minimum atomic E-state index is -1.51. The largest absolute Gasteiger partial charge is 0.488 e. The van der Waals surface area contributed by atoms with E-state index in [1.165, 1.54) is 0 Å². The van der Waals surface area contributed by atoms with Gasteiger partial charge in [-0.15, -0.1) is 0 Å². The van der Waals surface area contributed by atoms with E-state index in [2.05, 4.69) is 22.5 Å². The maximum Gasteiger partial charge on any atom is 0.488 e. The van der Waals surface area contributed by atoms with Crippen LogP contribution in [0, 0.1) is 0 Å². The third kappa shape index (κ3) is 4.11. The van der Waals surface area contributed by atoms with Gasteiger partial charge in [-0.2, -0.15) is 4.98 Å². The molecule has 5 rings (SSSR count). The van der Waals surface area contributed by atoms with Gasteiger partial charge in [-0.3, -0.25) is 4.79 Å². The summed E-state index contributed by atoms with van der Waals surface area (Å²) in [6.07, 6.45) is 1.48. The minimum Gasteiger partial charge on any atom is -0.423 e. The number of nitrogens with one attached hydrogen (secondary N) is 2. The predicted octanol–water partition coefficient (Wildman–Crippen LogP) is 0.596. The van der Waals surface area contributed by atoms with Crippen molar-refractivity contribution in [3.05, 3.63) is 70.4 Å². The molecule has 2 aromatic carbocycles. The molecule has 3 heterocycles. The van der Waals surface area contributed by atoms with Crippen LogP contribution in [0.2, 0.25) is 0 Å². The number of carbonyl (C=O) groups is 1. The van der Waals surface area contributed by atoms with E-state index < -0.39 is 13.0 Å². The van der Waals surface area contributed by atoms with Crippen LogP contribution in [0.5, 0.6) is 0 Å². The van der Waals surface area contributed by atoms with E-state index in [1.807, 2.05) is 18.2 Å². The van der Waals surface area contributed by atoms with Gasteiger partial charge in [0.25, 0.3) is 0 Å². The Bertz CT molecular complexity index is 1250. The molecule has 9 nitrogen and oxygen atoms in total. The number of nitrogens with zero attached hydrogens (tertiary/aromatic N) is 3. The summed E-state index contributed by atoms with van der Waals surface area (Å²) < 4.78 is 0. The highest BCUT2D eigenvalue weighted by molar-refractivity contribution is 6.58. The molecule has 3 aromatic rings. The van der Waals surface area contributed by atoms with E-state index in [-0.39, 0.29) is 6.04 Å². The topological polar surface area (TPSA) is 137 Å². The van der Waals surface area contributed by atoms with Gasteiger partial charge in [0.2, 0.25) is 11.9 Å². The molecule has 0 aliphatic carbocycles. The lowest BCUT2D eigenvalue weighted by Crippen LogP contribution is -2.31. The molecule has 6 N–H and O–H groups in total. The first-order valence-electron chi connectivity index (χ1n) is 11.4. The molecule has 0 saturated carbocycles. The molecule has 1 unspecified atom stereocenters. The molecule has 0 radical (unpaired) electrons. The zero-order valence-corrected chi connectivity index (χ0v) is 19.0. The van der Waals surface area contributed by atoms with E-state index in [0.717, 1.165) is 46.9 Å². The molecule has 34 heavy (non-hydrogen) atoms. The molecule has 1 amide bonds. The Hall–Kier alpha value is -3.47. The Morgan fingerprint density at radius 2 is 2.06 bits per heavy atom. The van der Waals surface area contributed by atoms with Gasteiger partial charge in [0.15, 0.2) is 0 Å². The van der Waals surface area contributed by atoms with Crippen molar-refractivity contribution in [2.24, 2.45) is 5.73 Å². The number of nitrogens with two attached hydrogens (primary N) is 1. The van der Waals surface area contributed by atoms with Gasteiger partial charge < -0.3 is 31.3 Å². The monoisotopic (exact) mass is 458 g/mol. The summed E-state index contributed by atoms with van der Waals surface area (Å²) in [6.45, 7) is 4.08. The fraction of sp³-hybridized carbons (Fsp3) is 0.292. The molecule has 1 aromatic heterocycles. The van der Waals surface area contributed by atoms with Gasteiger partial charge in [-0.25, -0.2) is 4.98 Å². The number of carbonyl (C=O) groups excluding carboxylic acids is 1. The third-order valence-corrected chi connectivity index (χ3v) is 6.46. The fourth-order valence-electron chi connectivity index (χ4n) is 4.81.